The molecule has 2 atom stereocenters. The number of aryl methyl sites for hydroxylation is 1. The predicted octanol–water partition coefficient (Wildman–Crippen LogP) is 2.91. The third-order valence-corrected chi connectivity index (χ3v) is 4.06. The van der Waals surface area contributed by atoms with Crippen molar-refractivity contribution < 1.29 is 9.53 Å². The Morgan fingerprint density at radius 1 is 1.56 bits per heavy atom. The number of hydrogen-bond acceptors (Lipinski definition) is 2. The molecule has 0 bridgehead atoms. The van der Waals surface area contributed by atoms with Crippen LogP contribution in [0, 0.1) is 12.8 Å². The Morgan fingerprint density at radius 3 is 2.94 bits per heavy atom. The Kier molecular flexibility index (Phi) is 4.40. The molecule has 0 spiro atoms. The number of rotatable bonds is 3. The van der Waals surface area contributed by atoms with Gasteiger partial charge in [0.15, 0.2) is 0 Å². The molecule has 3 nitrogen and oxygen atoms in total. The van der Waals surface area contributed by atoms with Crippen LogP contribution in [0.1, 0.15) is 29.3 Å². The van der Waals surface area contributed by atoms with Gasteiger partial charge in [-0.1, -0.05) is 6.07 Å². The van der Waals surface area contributed by atoms with Gasteiger partial charge in [-0.15, -0.1) is 0 Å². The first-order valence-electron chi connectivity index (χ1n) is 6.22. The largest absolute Gasteiger partial charge is 0.381 e. The molecule has 1 saturated heterocycles. The van der Waals surface area contributed by atoms with Crippen LogP contribution in [0.15, 0.2) is 22.7 Å². The zero-order valence-corrected chi connectivity index (χ0v) is 12.3. The van der Waals surface area contributed by atoms with Crippen LogP contribution in [-0.4, -0.2) is 25.2 Å². The number of nitrogens with one attached hydrogen (secondary N) is 1. The van der Waals surface area contributed by atoms with Crippen molar-refractivity contribution in [2.45, 2.75) is 26.3 Å². The van der Waals surface area contributed by atoms with Crippen molar-refractivity contribution in [3.63, 3.8) is 0 Å². The van der Waals surface area contributed by atoms with E-state index in [1.165, 1.54) is 0 Å². The van der Waals surface area contributed by atoms with Gasteiger partial charge in [0.05, 0.1) is 12.2 Å². The van der Waals surface area contributed by atoms with E-state index in [2.05, 4.69) is 21.2 Å². The van der Waals surface area contributed by atoms with Crippen molar-refractivity contribution in [1.29, 1.82) is 0 Å². The summed E-state index contributed by atoms with van der Waals surface area (Å²) < 4.78 is 6.19. The van der Waals surface area contributed by atoms with Gasteiger partial charge in [-0.05, 0) is 53.9 Å². The topological polar surface area (TPSA) is 38.3 Å². The summed E-state index contributed by atoms with van der Waals surface area (Å²) in [5, 5.41) is 3.05. The summed E-state index contributed by atoms with van der Waals surface area (Å²) in [4.78, 5) is 12.2. The number of amides is 1. The SMILES string of the molecule is Cc1ccc(C(=O)NC(C)C2CCOC2)c(Br)c1. The lowest BCUT2D eigenvalue weighted by Crippen LogP contribution is -2.38. The van der Waals surface area contributed by atoms with E-state index >= 15 is 0 Å². The molecule has 0 aromatic heterocycles. The lowest BCUT2D eigenvalue weighted by molar-refractivity contribution is 0.0921. The number of hydrogen-bond donors (Lipinski definition) is 1. The summed E-state index contributed by atoms with van der Waals surface area (Å²) in [7, 11) is 0. The summed E-state index contributed by atoms with van der Waals surface area (Å²) in [5.74, 6) is 0.402. The number of benzene rings is 1. The highest BCUT2D eigenvalue weighted by molar-refractivity contribution is 9.10. The molecular formula is C14H18BrNO2. The molecule has 1 aliphatic heterocycles. The molecule has 1 aromatic carbocycles. The lowest BCUT2D eigenvalue weighted by Gasteiger charge is -2.19. The van der Waals surface area contributed by atoms with Crippen LogP contribution >= 0.6 is 15.9 Å². The molecule has 1 heterocycles. The first-order chi connectivity index (χ1) is 8.58. The van der Waals surface area contributed by atoms with Crippen LogP contribution in [0.3, 0.4) is 0 Å². The molecule has 98 valence electrons. The minimum atomic E-state index is -0.0266. The number of ether oxygens (including phenoxy) is 1. The van der Waals surface area contributed by atoms with Crippen molar-refractivity contribution in [3.8, 4) is 0 Å². The van der Waals surface area contributed by atoms with Gasteiger partial charge in [-0.2, -0.15) is 0 Å². The van der Waals surface area contributed by atoms with E-state index in [4.69, 9.17) is 4.74 Å². The summed E-state index contributed by atoms with van der Waals surface area (Å²) in [6.45, 7) is 5.60. The minimum Gasteiger partial charge on any atom is -0.381 e. The van der Waals surface area contributed by atoms with Crippen LogP contribution in [0.25, 0.3) is 0 Å². The molecule has 2 rings (SSSR count). The monoisotopic (exact) mass is 311 g/mol. The Bertz CT molecular complexity index is 441. The first-order valence-corrected chi connectivity index (χ1v) is 7.02. The lowest BCUT2D eigenvalue weighted by atomic mass is 10.0. The molecule has 0 aliphatic carbocycles. The fourth-order valence-electron chi connectivity index (χ4n) is 2.15. The van der Waals surface area contributed by atoms with Crippen LogP contribution in [0.5, 0.6) is 0 Å². The molecule has 1 N–H and O–H groups in total. The summed E-state index contributed by atoms with van der Waals surface area (Å²) in [5.41, 5.74) is 1.82. The molecule has 1 amide bonds. The van der Waals surface area contributed by atoms with E-state index in [0.717, 1.165) is 29.7 Å². The van der Waals surface area contributed by atoms with E-state index in [-0.39, 0.29) is 11.9 Å². The summed E-state index contributed by atoms with van der Waals surface area (Å²) in [6.07, 6.45) is 1.02. The maximum Gasteiger partial charge on any atom is 0.252 e. The zero-order valence-electron chi connectivity index (χ0n) is 10.7. The van der Waals surface area contributed by atoms with E-state index in [9.17, 15) is 4.79 Å². The van der Waals surface area contributed by atoms with Crippen LogP contribution in [0.2, 0.25) is 0 Å². The Balaban J connectivity index is 2.02. The molecule has 1 fully saturated rings. The van der Waals surface area contributed by atoms with Crippen LogP contribution < -0.4 is 5.32 Å². The van der Waals surface area contributed by atoms with E-state index in [1.807, 2.05) is 32.0 Å². The number of carbonyl (C=O) groups excluding carboxylic acids is 1. The van der Waals surface area contributed by atoms with E-state index in [0.29, 0.717) is 11.5 Å². The smallest absolute Gasteiger partial charge is 0.252 e. The van der Waals surface area contributed by atoms with Gasteiger partial charge in [0.25, 0.3) is 5.91 Å². The average molecular weight is 312 g/mol. The van der Waals surface area contributed by atoms with Crippen LogP contribution in [-0.2, 0) is 4.74 Å². The van der Waals surface area contributed by atoms with Gasteiger partial charge < -0.3 is 10.1 Å². The van der Waals surface area contributed by atoms with Crippen LogP contribution in [0.4, 0.5) is 0 Å². The molecular weight excluding hydrogens is 294 g/mol. The van der Waals surface area contributed by atoms with Crippen molar-refractivity contribution in [3.05, 3.63) is 33.8 Å². The van der Waals surface area contributed by atoms with Gasteiger partial charge in [-0.25, -0.2) is 0 Å². The second-order valence-electron chi connectivity index (χ2n) is 4.87. The van der Waals surface area contributed by atoms with Gasteiger partial charge in [-0.3, -0.25) is 4.79 Å². The fraction of sp³-hybridized carbons (Fsp3) is 0.500. The van der Waals surface area contributed by atoms with Crippen molar-refractivity contribution in [2.24, 2.45) is 5.92 Å². The van der Waals surface area contributed by atoms with Gasteiger partial charge in [0.2, 0.25) is 0 Å². The second-order valence-corrected chi connectivity index (χ2v) is 5.72. The van der Waals surface area contributed by atoms with Gasteiger partial charge >= 0.3 is 0 Å². The summed E-state index contributed by atoms with van der Waals surface area (Å²) in [6, 6.07) is 5.90. The highest BCUT2D eigenvalue weighted by atomic mass is 79.9. The standard InChI is InChI=1S/C14H18BrNO2/c1-9-3-4-12(13(15)7-9)14(17)16-10(2)11-5-6-18-8-11/h3-4,7,10-11H,5-6,8H2,1-2H3,(H,16,17). The van der Waals surface area contributed by atoms with Gasteiger partial charge in [0.1, 0.15) is 0 Å². The normalized spacial score (nSPS) is 20.7. The Hall–Kier alpha value is -0.870. The fourth-order valence-corrected chi connectivity index (χ4v) is 2.83. The van der Waals surface area contributed by atoms with E-state index < -0.39 is 0 Å². The highest BCUT2D eigenvalue weighted by Crippen LogP contribution is 2.20. The minimum absolute atomic E-state index is 0.0266. The maximum atomic E-state index is 12.2. The second kappa shape index (κ2) is 5.85. The third-order valence-electron chi connectivity index (χ3n) is 3.40. The molecule has 4 heteroatoms. The van der Waals surface area contributed by atoms with Crippen molar-refractivity contribution in [1.82, 2.24) is 5.32 Å². The molecule has 1 aliphatic rings. The molecule has 0 radical (unpaired) electrons. The molecule has 0 saturated carbocycles. The number of carbonyl (C=O) groups is 1. The first kappa shape index (κ1) is 13.6. The zero-order chi connectivity index (χ0) is 13.1. The summed E-state index contributed by atoms with van der Waals surface area (Å²) >= 11 is 3.44. The highest BCUT2D eigenvalue weighted by Gasteiger charge is 2.24. The predicted molar refractivity (Wildman–Crippen MR) is 74.7 cm³/mol. The van der Waals surface area contributed by atoms with Crippen molar-refractivity contribution in [2.75, 3.05) is 13.2 Å². The average Bonchev–Trinajstić information content (AvgIpc) is 2.81. The number of halogens is 1. The third kappa shape index (κ3) is 3.12. The van der Waals surface area contributed by atoms with E-state index in [1.54, 1.807) is 0 Å². The Labute approximate surface area is 116 Å². The molecule has 18 heavy (non-hydrogen) atoms. The quantitative estimate of drug-likeness (QED) is 0.932. The molecule has 2 unspecified atom stereocenters. The molecule has 1 aromatic rings. The maximum absolute atomic E-state index is 12.2. The Morgan fingerprint density at radius 2 is 2.33 bits per heavy atom. The van der Waals surface area contributed by atoms with Gasteiger partial charge in [0, 0.05) is 23.0 Å². The van der Waals surface area contributed by atoms with Crippen molar-refractivity contribution >= 4 is 21.8 Å².